The lowest BCUT2D eigenvalue weighted by molar-refractivity contribution is 0.340. The molecule has 4 nitrogen and oxygen atoms in total. The van der Waals surface area contributed by atoms with Crippen LogP contribution in [0.4, 0.5) is 0 Å². The molecule has 4 heteroatoms. The van der Waals surface area contributed by atoms with Gasteiger partial charge in [-0.1, -0.05) is 55.5 Å². The van der Waals surface area contributed by atoms with Crippen LogP contribution in [0.3, 0.4) is 0 Å². The van der Waals surface area contributed by atoms with Gasteiger partial charge in [-0.3, -0.25) is 0 Å². The predicted octanol–water partition coefficient (Wildman–Crippen LogP) is 4.52. The lowest BCUT2D eigenvalue weighted by Crippen LogP contribution is -2.00. The molecule has 1 aromatic heterocycles. The first-order chi connectivity index (χ1) is 11.7. The molecule has 0 N–H and O–H groups in total. The van der Waals surface area contributed by atoms with Crippen LogP contribution in [0, 0.1) is 0 Å². The molecule has 0 radical (unpaired) electrons. The summed E-state index contributed by atoms with van der Waals surface area (Å²) in [5.74, 6) is 1.41. The first-order valence-electron chi connectivity index (χ1n) is 8.38. The third kappa shape index (κ3) is 3.82. The average Bonchev–Trinajstić information content (AvgIpc) is 3.04. The van der Waals surface area contributed by atoms with Crippen molar-refractivity contribution in [3.63, 3.8) is 0 Å². The van der Waals surface area contributed by atoms with Crippen LogP contribution >= 0.6 is 0 Å². The van der Waals surface area contributed by atoms with E-state index in [9.17, 15) is 0 Å². The number of hydrogen-bond acceptors (Lipinski definition) is 3. The Kier molecular flexibility index (Phi) is 4.94. The summed E-state index contributed by atoms with van der Waals surface area (Å²) in [6, 6.07) is 16.6. The molecule has 2 aromatic carbocycles. The zero-order valence-corrected chi connectivity index (χ0v) is 14.4. The van der Waals surface area contributed by atoms with Gasteiger partial charge in [0.05, 0.1) is 19.3 Å². The molecule has 0 atom stereocenters. The third-order valence-electron chi connectivity index (χ3n) is 3.97. The van der Waals surface area contributed by atoms with Gasteiger partial charge in [0, 0.05) is 5.56 Å². The SMILES string of the molecule is CCOc1cccc(-c2cn(Cc3ccc(C(C)C)cc3)nn2)c1. The third-order valence-corrected chi connectivity index (χ3v) is 3.97. The van der Waals surface area contributed by atoms with E-state index in [1.54, 1.807) is 0 Å². The molecule has 124 valence electrons. The van der Waals surface area contributed by atoms with Crippen LogP contribution in [0.25, 0.3) is 11.3 Å². The van der Waals surface area contributed by atoms with Gasteiger partial charge in [0.15, 0.2) is 0 Å². The number of benzene rings is 2. The van der Waals surface area contributed by atoms with Crippen LogP contribution < -0.4 is 4.74 Å². The molecule has 0 bridgehead atoms. The Hall–Kier alpha value is -2.62. The topological polar surface area (TPSA) is 39.9 Å². The second kappa shape index (κ2) is 7.30. The highest BCUT2D eigenvalue weighted by Gasteiger charge is 2.06. The highest BCUT2D eigenvalue weighted by atomic mass is 16.5. The molecule has 0 amide bonds. The van der Waals surface area contributed by atoms with Crippen molar-refractivity contribution in [2.24, 2.45) is 0 Å². The fourth-order valence-electron chi connectivity index (χ4n) is 2.61. The standard InChI is InChI=1S/C20H23N3O/c1-4-24-19-7-5-6-18(12-19)20-14-23(22-21-20)13-16-8-10-17(11-9-16)15(2)3/h5-12,14-15H,4,13H2,1-3H3. The Bertz CT molecular complexity index is 791. The van der Waals surface area contributed by atoms with Crippen molar-refractivity contribution >= 4 is 0 Å². The van der Waals surface area contributed by atoms with Crippen LogP contribution in [-0.2, 0) is 6.54 Å². The first-order valence-corrected chi connectivity index (χ1v) is 8.38. The van der Waals surface area contributed by atoms with E-state index in [0.717, 1.165) is 23.6 Å². The Morgan fingerprint density at radius 3 is 2.58 bits per heavy atom. The van der Waals surface area contributed by atoms with Gasteiger partial charge in [-0.2, -0.15) is 0 Å². The maximum absolute atomic E-state index is 5.55. The summed E-state index contributed by atoms with van der Waals surface area (Å²) in [5.41, 5.74) is 4.45. The predicted molar refractivity (Wildman–Crippen MR) is 96.3 cm³/mol. The molecule has 0 unspecified atom stereocenters. The van der Waals surface area contributed by atoms with E-state index in [1.165, 1.54) is 11.1 Å². The Morgan fingerprint density at radius 2 is 1.88 bits per heavy atom. The summed E-state index contributed by atoms with van der Waals surface area (Å²) in [5, 5.41) is 8.53. The quantitative estimate of drug-likeness (QED) is 0.670. The van der Waals surface area contributed by atoms with Gasteiger partial charge in [0.25, 0.3) is 0 Å². The Morgan fingerprint density at radius 1 is 1.08 bits per heavy atom. The van der Waals surface area contributed by atoms with Gasteiger partial charge >= 0.3 is 0 Å². The smallest absolute Gasteiger partial charge is 0.119 e. The Balaban J connectivity index is 1.74. The van der Waals surface area contributed by atoms with Crippen molar-refractivity contribution < 1.29 is 4.74 Å². The molecule has 3 aromatic rings. The van der Waals surface area contributed by atoms with Gasteiger partial charge in [0.2, 0.25) is 0 Å². The van der Waals surface area contributed by atoms with E-state index in [2.05, 4.69) is 48.4 Å². The molecular weight excluding hydrogens is 298 g/mol. The molecule has 3 rings (SSSR count). The summed E-state index contributed by atoms with van der Waals surface area (Å²) >= 11 is 0. The summed E-state index contributed by atoms with van der Waals surface area (Å²) in [7, 11) is 0. The van der Waals surface area contributed by atoms with E-state index in [0.29, 0.717) is 12.5 Å². The summed E-state index contributed by atoms with van der Waals surface area (Å²) in [4.78, 5) is 0. The molecule has 0 aliphatic rings. The molecule has 0 saturated heterocycles. The van der Waals surface area contributed by atoms with Crippen molar-refractivity contribution in [2.45, 2.75) is 33.2 Å². The van der Waals surface area contributed by atoms with Crippen molar-refractivity contribution in [3.05, 3.63) is 65.9 Å². The Labute approximate surface area is 143 Å². The molecule has 0 fully saturated rings. The van der Waals surface area contributed by atoms with Gasteiger partial charge in [-0.15, -0.1) is 5.10 Å². The van der Waals surface area contributed by atoms with E-state index < -0.39 is 0 Å². The molecule has 0 aliphatic heterocycles. The van der Waals surface area contributed by atoms with Crippen LogP contribution in [0.15, 0.2) is 54.7 Å². The van der Waals surface area contributed by atoms with Crippen LogP contribution in [0.2, 0.25) is 0 Å². The summed E-state index contributed by atoms with van der Waals surface area (Å²) < 4.78 is 7.41. The van der Waals surface area contributed by atoms with E-state index >= 15 is 0 Å². The molecule has 0 aliphatic carbocycles. The summed E-state index contributed by atoms with van der Waals surface area (Å²) in [6.45, 7) is 7.76. The van der Waals surface area contributed by atoms with Gasteiger partial charge in [-0.05, 0) is 36.1 Å². The number of rotatable bonds is 6. The van der Waals surface area contributed by atoms with E-state index in [4.69, 9.17) is 4.74 Å². The van der Waals surface area contributed by atoms with Gasteiger partial charge in [-0.25, -0.2) is 4.68 Å². The number of hydrogen-bond donors (Lipinski definition) is 0. The second-order valence-corrected chi connectivity index (χ2v) is 6.16. The monoisotopic (exact) mass is 321 g/mol. The van der Waals surface area contributed by atoms with Gasteiger partial charge < -0.3 is 4.74 Å². The normalized spacial score (nSPS) is 11.0. The fraction of sp³-hybridized carbons (Fsp3) is 0.300. The van der Waals surface area contributed by atoms with E-state index in [1.807, 2.05) is 42.1 Å². The second-order valence-electron chi connectivity index (χ2n) is 6.16. The van der Waals surface area contributed by atoms with Crippen LogP contribution in [0.5, 0.6) is 5.75 Å². The molecule has 24 heavy (non-hydrogen) atoms. The van der Waals surface area contributed by atoms with Crippen molar-refractivity contribution in [1.29, 1.82) is 0 Å². The van der Waals surface area contributed by atoms with Crippen molar-refractivity contribution in [3.8, 4) is 17.0 Å². The van der Waals surface area contributed by atoms with Crippen LogP contribution in [-0.4, -0.2) is 21.6 Å². The molecule has 0 spiro atoms. The lowest BCUT2D eigenvalue weighted by atomic mass is 10.0. The number of nitrogens with zero attached hydrogens (tertiary/aromatic N) is 3. The highest BCUT2D eigenvalue weighted by Crippen LogP contribution is 2.22. The number of ether oxygens (including phenoxy) is 1. The molecule has 1 heterocycles. The lowest BCUT2D eigenvalue weighted by Gasteiger charge is -2.06. The fourth-order valence-corrected chi connectivity index (χ4v) is 2.61. The highest BCUT2D eigenvalue weighted by molar-refractivity contribution is 5.59. The minimum Gasteiger partial charge on any atom is -0.494 e. The number of aromatic nitrogens is 3. The van der Waals surface area contributed by atoms with Crippen molar-refractivity contribution in [1.82, 2.24) is 15.0 Å². The zero-order chi connectivity index (χ0) is 16.9. The molecule has 0 saturated carbocycles. The molecular formula is C20H23N3O. The maximum atomic E-state index is 5.55. The minimum absolute atomic E-state index is 0.551. The maximum Gasteiger partial charge on any atom is 0.119 e. The van der Waals surface area contributed by atoms with Crippen LogP contribution in [0.1, 0.15) is 37.8 Å². The average molecular weight is 321 g/mol. The van der Waals surface area contributed by atoms with E-state index in [-0.39, 0.29) is 0 Å². The first kappa shape index (κ1) is 16.2. The summed E-state index contributed by atoms with van der Waals surface area (Å²) in [6.07, 6.45) is 1.97. The minimum atomic E-state index is 0.551. The largest absolute Gasteiger partial charge is 0.494 e. The zero-order valence-electron chi connectivity index (χ0n) is 14.4. The van der Waals surface area contributed by atoms with Gasteiger partial charge in [0.1, 0.15) is 11.4 Å². The van der Waals surface area contributed by atoms with Crippen molar-refractivity contribution in [2.75, 3.05) is 6.61 Å².